The third-order valence-corrected chi connectivity index (χ3v) is 5.08. The number of benzodiazepines with no additional fused rings is 1. The SMILES string of the molecule is CN(C)CC/C=N/C(=S)NC1N=C(c2ccccc2)c2cc(Cl)ccc2N(C)C1=O. The second-order valence-electron chi connectivity index (χ2n) is 7.16. The Balaban J connectivity index is 1.95. The average molecular weight is 442 g/mol. The van der Waals surface area contributed by atoms with Crippen LogP contribution in [-0.4, -0.2) is 61.7 Å². The first-order chi connectivity index (χ1) is 14.4. The summed E-state index contributed by atoms with van der Waals surface area (Å²) >= 11 is 11.6. The van der Waals surface area contributed by atoms with Gasteiger partial charge in [-0.15, -0.1) is 0 Å². The van der Waals surface area contributed by atoms with Crippen LogP contribution in [0, 0.1) is 0 Å². The molecule has 1 N–H and O–H groups in total. The van der Waals surface area contributed by atoms with Crippen LogP contribution in [0.15, 0.2) is 58.5 Å². The smallest absolute Gasteiger partial charge is 0.272 e. The lowest BCUT2D eigenvalue weighted by Gasteiger charge is -2.21. The van der Waals surface area contributed by atoms with Crippen LogP contribution in [0.5, 0.6) is 0 Å². The van der Waals surface area contributed by atoms with Gasteiger partial charge in [-0.1, -0.05) is 41.9 Å². The van der Waals surface area contributed by atoms with Crippen molar-refractivity contribution in [3.8, 4) is 0 Å². The predicted molar refractivity (Wildman–Crippen MR) is 128 cm³/mol. The van der Waals surface area contributed by atoms with Gasteiger partial charge >= 0.3 is 0 Å². The van der Waals surface area contributed by atoms with Crippen LogP contribution >= 0.6 is 23.8 Å². The van der Waals surface area contributed by atoms with E-state index in [0.717, 1.165) is 29.8 Å². The highest BCUT2D eigenvalue weighted by Gasteiger charge is 2.30. The minimum atomic E-state index is -0.894. The van der Waals surface area contributed by atoms with Gasteiger partial charge < -0.3 is 15.1 Å². The van der Waals surface area contributed by atoms with E-state index in [1.165, 1.54) is 0 Å². The molecule has 0 bridgehead atoms. The fraction of sp³-hybridized carbons (Fsp3) is 0.273. The van der Waals surface area contributed by atoms with E-state index in [1.54, 1.807) is 24.2 Å². The number of benzene rings is 2. The molecule has 1 aliphatic heterocycles. The van der Waals surface area contributed by atoms with E-state index in [9.17, 15) is 4.79 Å². The summed E-state index contributed by atoms with van der Waals surface area (Å²) in [5, 5.41) is 3.78. The second kappa shape index (κ2) is 9.93. The summed E-state index contributed by atoms with van der Waals surface area (Å²) in [6.45, 7) is 0.865. The Morgan fingerprint density at radius 3 is 2.73 bits per heavy atom. The Labute approximate surface area is 187 Å². The summed E-state index contributed by atoms with van der Waals surface area (Å²) in [5.41, 5.74) is 3.07. The zero-order chi connectivity index (χ0) is 21.7. The van der Waals surface area contributed by atoms with Crippen molar-refractivity contribution in [3.05, 3.63) is 64.7 Å². The highest BCUT2D eigenvalue weighted by molar-refractivity contribution is 7.80. The fourth-order valence-electron chi connectivity index (χ4n) is 3.08. The van der Waals surface area contributed by atoms with Gasteiger partial charge in [0.25, 0.3) is 5.91 Å². The largest absolute Gasteiger partial charge is 0.331 e. The van der Waals surface area contributed by atoms with E-state index in [4.69, 9.17) is 28.8 Å². The minimum Gasteiger partial charge on any atom is -0.331 e. The molecule has 0 aliphatic carbocycles. The van der Waals surface area contributed by atoms with Crippen LogP contribution in [0.2, 0.25) is 5.02 Å². The molecule has 0 spiro atoms. The van der Waals surface area contributed by atoms with Crippen LogP contribution in [0.4, 0.5) is 5.69 Å². The molecule has 1 heterocycles. The number of likely N-dealkylation sites (N-methyl/N-ethyl adjacent to an activating group) is 1. The number of carbonyl (C=O) groups is 1. The Bertz CT molecular complexity index is 990. The average Bonchev–Trinajstić information content (AvgIpc) is 2.82. The van der Waals surface area contributed by atoms with Crippen molar-refractivity contribution in [3.63, 3.8) is 0 Å². The molecule has 2 aromatic rings. The number of nitrogens with one attached hydrogen (secondary N) is 1. The number of hydrogen-bond donors (Lipinski definition) is 1. The predicted octanol–water partition coefficient (Wildman–Crippen LogP) is 3.38. The minimum absolute atomic E-state index is 0.223. The number of thiocarbonyl (C=S) groups is 1. The van der Waals surface area contributed by atoms with Crippen LogP contribution < -0.4 is 10.2 Å². The Hall–Kier alpha value is -2.61. The number of anilines is 1. The molecule has 1 atom stereocenters. The van der Waals surface area contributed by atoms with Crippen molar-refractivity contribution in [2.75, 3.05) is 32.6 Å². The number of amides is 1. The van der Waals surface area contributed by atoms with Gasteiger partial charge in [0.05, 0.1) is 11.4 Å². The van der Waals surface area contributed by atoms with E-state index >= 15 is 0 Å². The lowest BCUT2D eigenvalue weighted by molar-refractivity contribution is -0.119. The van der Waals surface area contributed by atoms with E-state index in [0.29, 0.717) is 10.7 Å². The molecule has 0 saturated heterocycles. The van der Waals surface area contributed by atoms with Gasteiger partial charge in [-0.25, -0.2) is 9.98 Å². The number of rotatable bonds is 5. The molecule has 1 amide bonds. The maximum absolute atomic E-state index is 13.1. The fourth-order valence-corrected chi connectivity index (χ4v) is 3.44. The van der Waals surface area contributed by atoms with Crippen LogP contribution in [-0.2, 0) is 4.79 Å². The highest BCUT2D eigenvalue weighted by atomic mass is 35.5. The molecule has 156 valence electrons. The van der Waals surface area contributed by atoms with Gasteiger partial charge in [-0.3, -0.25) is 4.79 Å². The molecule has 1 aliphatic rings. The number of nitrogens with zero attached hydrogens (tertiary/aromatic N) is 4. The van der Waals surface area contributed by atoms with Crippen molar-refractivity contribution in [1.29, 1.82) is 0 Å². The summed E-state index contributed by atoms with van der Waals surface area (Å²) in [4.78, 5) is 25.8. The monoisotopic (exact) mass is 441 g/mol. The summed E-state index contributed by atoms with van der Waals surface area (Å²) in [6.07, 6.45) is 1.61. The summed E-state index contributed by atoms with van der Waals surface area (Å²) in [7, 11) is 5.71. The molecule has 8 heteroatoms. The van der Waals surface area contributed by atoms with Crippen molar-refractivity contribution < 1.29 is 4.79 Å². The molecule has 0 saturated carbocycles. The number of hydrogen-bond acceptors (Lipinski definition) is 4. The topological polar surface area (TPSA) is 60.3 Å². The number of carbonyl (C=O) groups excluding carboxylic acids is 1. The van der Waals surface area contributed by atoms with Gasteiger partial charge in [0.15, 0.2) is 5.11 Å². The standard InChI is InChI=1S/C22H24ClN5OS/c1-27(2)13-7-12-24-22(30)26-20-21(29)28(3)18-11-10-16(23)14-17(18)19(25-20)15-8-5-4-6-9-15/h4-6,8-12,14,20H,7,13H2,1-3H3,(H,26,30)/b24-12+. The maximum atomic E-state index is 13.1. The summed E-state index contributed by atoms with van der Waals surface area (Å²) < 4.78 is 0. The molecule has 30 heavy (non-hydrogen) atoms. The number of halogens is 1. The van der Waals surface area contributed by atoms with Gasteiger partial charge in [0.2, 0.25) is 6.17 Å². The van der Waals surface area contributed by atoms with Gasteiger partial charge in [-0.05, 0) is 50.9 Å². The zero-order valence-electron chi connectivity index (χ0n) is 17.2. The molecule has 0 radical (unpaired) electrons. The maximum Gasteiger partial charge on any atom is 0.272 e. The van der Waals surface area contributed by atoms with Crippen LogP contribution in [0.3, 0.4) is 0 Å². The summed E-state index contributed by atoms with van der Waals surface area (Å²) in [5.74, 6) is -0.227. The van der Waals surface area contributed by atoms with Crippen LogP contribution in [0.1, 0.15) is 17.5 Å². The van der Waals surface area contributed by atoms with Crippen LogP contribution in [0.25, 0.3) is 0 Å². The lowest BCUT2D eigenvalue weighted by atomic mass is 10.0. The van der Waals surface area contributed by atoms with Gasteiger partial charge in [0.1, 0.15) is 0 Å². The first-order valence-corrected chi connectivity index (χ1v) is 10.3. The Morgan fingerprint density at radius 2 is 2.03 bits per heavy atom. The van der Waals surface area contributed by atoms with Crippen molar-refractivity contribution in [2.45, 2.75) is 12.6 Å². The van der Waals surface area contributed by atoms with E-state index in [1.807, 2.05) is 56.6 Å². The molecule has 2 aromatic carbocycles. The summed E-state index contributed by atoms with van der Waals surface area (Å²) in [6, 6.07) is 15.1. The molecule has 6 nitrogen and oxygen atoms in total. The van der Waals surface area contributed by atoms with Crippen molar-refractivity contribution >= 4 is 52.5 Å². The Kier molecular flexibility index (Phi) is 7.31. The van der Waals surface area contributed by atoms with Crippen molar-refractivity contribution in [2.24, 2.45) is 9.98 Å². The molecule has 0 fully saturated rings. The molecular weight excluding hydrogens is 418 g/mol. The highest BCUT2D eigenvalue weighted by Crippen LogP contribution is 2.29. The van der Waals surface area contributed by atoms with E-state index in [2.05, 4.69) is 15.2 Å². The molecule has 0 aromatic heterocycles. The van der Waals surface area contributed by atoms with Gasteiger partial charge in [0, 0.05) is 36.0 Å². The molecular formula is C22H24ClN5OS. The second-order valence-corrected chi connectivity index (χ2v) is 7.98. The van der Waals surface area contributed by atoms with E-state index in [-0.39, 0.29) is 11.0 Å². The number of aliphatic imine (C=N–C) groups is 2. The third-order valence-electron chi connectivity index (χ3n) is 4.62. The van der Waals surface area contributed by atoms with Crippen molar-refractivity contribution in [1.82, 2.24) is 10.2 Å². The third kappa shape index (κ3) is 5.30. The quantitative estimate of drug-likeness (QED) is 0.570. The zero-order valence-corrected chi connectivity index (χ0v) is 18.7. The first kappa shape index (κ1) is 22.1. The molecule has 3 rings (SSSR count). The lowest BCUT2D eigenvalue weighted by Crippen LogP contribution is -2.45. The first-order valence-electron chi connectivity index (χ1n) is 9.55. The normalized spacial score (nSPS) is 16.4. The van der Waals surface area contributed by atoms with Gasteiger partial charge in [-0.2, -0.15) is 0 Å². The van der Waals surface area contributed by atoms with E-state index < -0.39 is 6.17 Å². The Morgan fingerprint density at radius 1 is 1.30 bits per heavy atom. The number of fused-ring (bicyclic) bond motifs is 1. The molecule has 1 unspecified atom stereocenters.